The Balaban J connectivity index is 3.32. The Morgan fingerprint density at radius 2 is 1.39 bits per heavy atom. The van der Waals surface area contributed by atoms with Crippen molar-refractivity contribution in [1.82, 2.24) is 0 Å². The number of benzene rings is 1. The minimum Gasteiger partial charge on any atom is -0.480 e. The van der Waals surface area contributed by atoms with Crippen molar-refractivity contribution in [3.05, 3.63) is 23.8 Å². The molecule has 232 valence electrons. The van der Waals surface area contributed by atoms with E-state index in [4.69, 9.17) is 34.2 Å². The van der Waals surface area contributed by atoms with E-state index in [0.717, 1.165) is 12.8 Å². The Bertz CT molecular complexity index is 1000. The highest BCUT2D eigenvalue weighted by molar-refractivity contribution is 5.75. The van der Waals surface area contributed by atoms with E-state index in [2.05, 4.69) is 0 Å². The van der Waals surface area contributed by atoms with Gasteiger partial charge in [0.05, 0.1) is 19.8 Å². The van der Waals surface area contributed by atoms with Gasteiger partial charge in [0.25, 0.3) is 0 Å². The van der Waals surface area contributed by atoms with E-state index >= 15 is 0 Å². The van der Waals surface area contributed by atoms with Crippen LogP contribution in [0.15, 0.2) is 18.2 Å². The number of rotatable bonds is 15. The molecular weight excluding hydrogens is 538 g/mol. The molecule has 0 fully saturated rings. The van der Waals surface area contributed by atoms with Gasteiger partial charge in [-0.1, -0.05) is 60.5 Å². The lowest BCUT2D eigenvalue weighted by molar-refractivity contribution is -0.139. The van der Waals surface area contributed by atoms with Crippen LogP contribution in [0.2, 0.25) is 0 Å². The summed E-state index contributed by atoms with van der Waals surface area (Å²) in [5.74, 6) is -3.22. The zero-order valence-corrected chi connectivity index (χ0v) is 25.1. The van der Waals surface area contributed by atoms with E-state index in [-0.39, 0.29) is 36.7 Å². The lowest BCUT2D eigenvalue weighted by Gasteiger charge is -2.31. The molecule has 4 atom stereocenters. The van der Waals surface area contributed by atoms with Gasteiger partial charge in [-0.2, -0.15) is 0 Å². The zero-order chi connectivity index (χ0) is 31.2. The van der Waals surface area contributed by atoms with Crippen molar-refractivity contribution >= 4 is 24.4 Å². The van der Waals surface area contributed by atoms with Crippen LogP contribution in [0.5, 0.6) is 11.5 Å². The first kappa shape index (κ1) is 35.5. The summed E-state index contributed by atoms with van der Waals surface area (Å²) < 4.78 is 31.3. The summed E-state index contributed by atoms with van der Waals surface area (Å²) in [5.41, 5.74) is 6.14. The second-order valence-electron chi connectivity index (χ2n) is 11.0. The Morgan fingerprint density at radius 1 is 0.854 bits per heavy atom. The van der Waals surface area contributed by atoms with Crippen LogP contribution in [0.4, 0.5) is 14.4 Å². The Morgan fingerprint density at radius 3 is 1.88 bits per heavy atom. The van der Waals surface area contributed by atoms with Crippen molar-refractivity contribution in [2.24, 2.45) is 17.1 Å². The zero-order valence-electron chi connectivity index (χ0n) is 25.1. The minimum atomic E-state index is -1.43. The molecule has 0 amide bonds. The average Bonchev–Trinajstić information content (AvgIpc) is 2.88. The summed E-state index contributed by atoms with van der Waals surface area (Å²) in [7, 11) is 0. The summed E-state index contributed by atoms with van der Waals surface area (Å²) in [6.07, 6.45) is -0.902. The van der Waals surface area contributed by atoms with E-state index in [1.54, 1.807) is 13.8 Å². The first-order valence-corrected chi connectivity index (χ1v) is 13.8. The van der Waals surface area contributed by atoms with Crippen LogP contribution in [0.1, 0.15) is 85.6 Å². The second-order valence-corrected chi connectivity index (χ2v) is 11.0. The molecule has 0 saturated carbocycles. The molecule has 0 aliphatic rings. The maximum absolute atomic E-state index is 12.3. The van der Waals surface area contributed by atoms with Crippen LogP contribution in [-0.4, -0.2) is 61.5 Å². The molecule has 1 aromatic rings. The van der Waals surface area contributed by atoms with Crippen molar-refractivity contribution in [2.45, 2.75) is 92.2 Å². The number of unbranched alkanes of at least 4 members (excludes halogenated alkanes) is 2. The van der Waals surface area contributed by atoms with Crippen molar-refractivity contribution < 1.29 is 52.7 Å². The molecule has 0 saturated heterocycles. The lowest BCUT2D eigenvalue weighted by atomic mass is 9.79. The molecule has 0 spiro atoms. The van der Waals surface area contributed by atoms with E-state index in [1.807, 2.05) is 34.6 Å². The molecule has 1 aromatic carbocycles. The minimum absolute atomic E-state index is 0.119. The molecule has 0 aliphatic carbocycles. The molecule has 1 rings (SSSR count). The quantitative estimate of drug-likeness (QED) is 0.106. The summed E-state index contributed by atoms with van der Waals surface area (Å²) in [5, 5.41) is 9.76. The van der Waals surface area contributed by atoms with E-state index < -0.39 is 48.4 Å². The third-order valence-electron chi connectivity index (χ3n) is 6.06. The number of hydrogen-bond acceptors (Lipinski definition) is 11. The highest BCUT2D eigenvalue weighted by Crippen LogP contribution is 2.37. The molecule has 0 radical (unpaired) electrons. The highest BCUT2D eigenvalue weighted by Gasteiger charge is 2.36. The predicted molar refractivity (Wildman–Crippen MR) is 149 cm³/mol. The number of carboxylic acid groups (broad SMARTS) is 1. The van der Waals surface area contributed by atoms with Crippen LogP contribution in [0.3, 0.4) is 0 Å². The monoisotopic (exact) mass is 583 g/mol. The van der Waals surface area contributed by atoms with Gasteiger partial charge in [-0.25, -0.2) is 14.4 Å². The van der Waals surface area contributed by atoms with E-state index in [9.17, 15) is 24.3 Å². The van der Waals surface area contributed by atoms with Gasteiger partial charge in [-0.15, -0.1) is 0 Å². The summed E-state index contributed by atoms with van der Waals surface area (Å²) >= 11 is 0. The normalized spacial score (nSPS) is 14.1. The van der Waals surface area contributed by atoms with Crippen LogP contribution in [0, 0.1) is 11.3 Å². The van der Waals surface area contributed by atoms with Crippen LogP contribution in [0.25, 0.3) is 0 Å². The molecule has 12 heteroatoms. The molecule has 0 heterocycles. The largest absolute Gasteiger partial charge is 0.513 e. The summed E-state index contributed by atoms with van der Waals surface area (Å²) in [6.45, 7) is 13.2. The highest BCUT2D eigenvalue weighted by atomic mass is 16.7. The fraction of sp³-hybridized carbons (Fsp3) is 0.655. The van der Waals surface area contributed by atoms with Crippen molar-refractivity contribution in [1.29, 1.82) is 0 Å². The average molecular weight is 584 g/mol. The van der Waals surface area contributed by atoms with Gasteiger partial charge in [0.2, 0.25) is 0 Å². The number of ether oxygens (including phenoxy) is 6. The summed E-state index contributed by atoms with van der Waals surface area (Å²) in [4.78, 5) is 48.8. The van der Waals surface area contributed by atoms with Crippen LogP contribution in [-0.2, 0) is 23.7 Å². The van der Waals surface area contributed by atoms with Crippen molar-refractivity contribution in [2.75, 3.05) is 19.8 Å². The smallest absolute Gasteiger partial charge is 0.480 e. The predicted octanol–water partition coefficient (Wildman–Crippen LogP) is 6.04. The SMILES string of the molecule is CCCCOC(=O)Oc1ccc(C(C(C)C(C)OC(=O)OCC(C)(C)C)[C@H](N)C(=O)O)cc1OC(=O)OCCCC. The Kier molecular flexibility index (Phi) is 15.0. The molecule has 3 unspecified atom stereocenters. The van der Waals surface area contributed by atoms with E-state index in [0.29, 0.717) is 18.4 Å². The maximum atomic E-state index is 12.3. The first-order valence-electron chi connectivity index (χ1n) is 13.8. The van der Waals surface area contributed by atoms with Crippen molar-refractivity contribution in [3.63, 3.8) is 0 Å². The Hall–Kier alpha value is -3.54. The van der Waals surface area contributed by atoms with Gasteiger partial charge in [0, 0.05) is 11.8 Å². The maximum Gasteiger partial charge on any atom is 0.513 e. The van der Waals surface area contributed by atoms with Gasteiger partial charge in [-0.3, -0.25) is 4.79 Å². The first-order chi connectivity index (χ1) is 19.2. The second kappa shape index (κ2) is 17.3. The van der Waals surface area contributed by atoms with Gasteiger partial charge in [-0.05, 0) is 42.9 Å². The molecule has 0 aliphatic heterocycles. The molecule has 41 heavy (non-hydrogen) atoms. The molecule has 3 N–H and O–H groups in total. The van der Waals surface area contributed by atoms with E-state index in [1.165, 1.54) is 18.2 Å². The van der Waals surface area contributed by atoms with Gasteiger partial charge >= 0.3 is 24.4 Å². The van der Waals surface area contributed by atoms with Gasteiger partial charge in [0.15, 0.2) is 11.5 Å². The fourth-order valence-electron chi connectivity index (χ4n) is 3.59. The van der Waals surface area contributed by atoms with Crippen LogP contribution < -0.4 is 15.2 Å². The third kappa shape index (κ3) is 13.1. The fourth-order valence-corrected chi connectivity index (χ4v) is 3.59. The Labute approximate surface area is 241 Å². The molecule has 0 aromatic heterocycles. The summed E-state index contributed by atoms with van der Waals surface area (Å²) in [6, 6.07) is 2.72. The molecule has 12 nitrogen and oxygen atoms in total. The molecular formula is C29H45NO11. The van der Waals surface area contributed by atoms with Crippen molar-refractivity contribution in [3.8, 4) is 11.5 Å². The number of carbonyl (C=O) groups is 4. The number of aliphatic carboxylic acids is 1. The lowest BCUT2D eigenvalue weighted by Crippen LogP contribution is -2.42. The number of carboxylic acids is 1. The number of nitrogens with two attached hydrogens (primary N) is 1. The third-order valence-corrected chi connectivity index (χ3v) is 6.06. The van der Waals surface area contributed by atoms with Gasteiger partial charge < -0.3 is 39.3 Å². The topological polar surface area (TPSA) is 170 Å². The number of carbonyl (C=O) groups excluding carboxylic acids is 3. The van der Waals surface area contributed by atoms with Crippen LogP contribution >= 0.6 is 0 Å². The standard InChI is InChI=1S/C29H45NO11/c1-8-10-14-36-26(33)40-21-13-12-20(16-22(21)41-27(34)37-15-11-9-2)23(24(30)25(31)32)18(3)19(4)39-28(35)38-17-29(5,6)7/h12-13,16,18-19,23-24H,8-11,14-15,17,30H2,1-7H3,(H,31,32)/t18?,19?,23?,24-/m0/s1. The van der Waals surface area contributed by atoms with Gasteiger partial charge in [0.1, 0.15) is 12.1 Å². The number of hydrogen-bond donors (Lipinski definition) is 2. The molecule has 0 bridgehead atoms.